The van der Waals surface area contributed by atoms with Gasteiger partial charge in [-0.05, 0) is 99.1 Å². The van der Waals surface area contributed by atoms with Crippen LogP contribution in [-0.2, 0) is 0 Å². The van der Waals surface area contributed by atoms with Crippen LogP contribution in [-0.4, -0.2) is 4.98 Å². The fourth-order valence-corrected chi connectivity index (χ4v) is 7.99. The van der Waals surface area contributed by atoms with E-state index >= 15 is 0 Å². The lowest BCUT2D eigenvalue weighted by molar-refractivity contribution is 0.617. The Labute approximate surface area is 317 Å². The minimum atomic E-state index is 0.606. The quantitative estimate of drug-likeness (QED) is 0.162. The Morgan fingerprint density at radius 1 is 0.345 bits per heavy atom. The van der Waals surface area contributed by atoms with Crippen molar-refractivity contribution in [2.24, 2.45) is 0 Å². The van der Waals surface area contributed by atoms with Crippen molar-refractivity contribution in [3.8, 4) is 33.7 Å². The van der Waals surface area contributed by atoms with Crippen LogP contribution in [0.4, 0.5) is 17.1 Å². The van der Waals surface area contributed by atoms with Crippen LogP contribution in [0.15, 0.2) is 203 Å². The number of fused-ring (bicyclic) bond motifs is 7. The van der Waals surface area contributed by atoms with Crippen molar-refractivity contribution in [3.63, 3.8) is 0 Å². The number of anilines is 3. The fourth-order valence-electron chi connectivity index (χ4n) is 7.99. The molecule has 2 heterocycles. The van der Waals surface area contributed by atoms with Crippen molar-refractivity contribution in [2.75, 3.05) is 4.90 Å². The number of hydrogen-bond donors (Lipinski definition) is 0. The summed E-state index contributed by atoms with van der Waals surface area (Å²) in [5, 5.41) is 6.96. The van der Waals surface area contributed by atoms with Crippen LogP contribution in [0.25, 0.3) is 88.3 Å². The summed E-state index contributed by atoms with van der Waals surface area (Å²) in [6.07, 6.45) is 0. The number of rotatable bonds is 6. The predicted octanol–water partition coefficient (Wildman–Crippen LogP) is 14.5. The average Bonchev–Trinajstić information content (AvgIpc) is 3.84. The van der Waals surface area contributed by atoms with E-state index in [1.165, 1.54) is 32.7 Å². The van der Waals surface area contributed by atoms with Gasteiger partial charge in [-0.25, -0.2) is 4.98 Å². The second-order valence-corrected chi connectivity index (χ2v) is 14.0. The molecule has 0 radical (unpaired) electrons. The zero-order chi connectivity index (χ0) is 36.3. The molecule has 0 aliphatic heterocycles. The molecule has 258 valence electrons. The van der Waals surface area contributed by atoms with E-state index in [0.717, 1.165) is 61.2 Å². The first-order valence-electron chi connectivity index (χ1n) is 18.5. The SMILES string of the molecule is c1ccc(-c2cccc(N(c3ccc(-c4ccc5c(c4)oc4cc6oc(-c7ccccc7)nc6cc45)cc3)c3cc4ccccc4c4ccccc34)c2)cc1. The molecule has 55 heavy (non-hydrogen) atoms. The van der Waals surface area contributed by atoms with Crippen LogP contribution < -0.4 is 4.90 Å². The van der Waals surface area contributed by atoms with Gasteiger partial charge in [0.15, 0.2) is 5.58 Å². The van der Waals surface area contributed by atoms with Gasteiger partial charge >= 0.3 is 0 Å². The fraction of sp³-hybridized carbons (Fsp3) is 0. The molecule has 2 aromatic heterocycles. The van der Waals surface area contributed by atoms with E-state index in [4.69, 9.17) is 13.8 Å². The van der Waals surface area contributed by atoms with Crippen molar-refractivity contribution < 1.29 is 8.83 Å². The van der Waals surface area contributed by atoms with Crippen molar-refractivity contribution in [3.05, 3.63) is 194 Å². The molecule has 4 heteroatoms. The second kappa shape index (κ2) is 12.6. The Morgan fingerprint density at radius 2 is 0.982 bits per heavy atom. The predicted molar refractivity (Wildman–Crippen MR) is 227 cm³/mol. The molecule has 0 fully saturated rings. The van der Waals surface area contributed by atoms with Crippen LogP contribution in [0.1, 0.15) is 0 Å². The summed E-state index contributed by atoms with van der Waals surface area (Å²) < 4.78 is 12.6. The van der Waals surface area contributed by atoms with Crippen LogP contribution in [0.5, 0.6) is 0 Å². The van der Waals surface area contributed by atoms with Gasteiger partial charge in [0.1, 0.15) is 16.7 Å². The molecule has 4 nitrogen and oxygen atoms in total. The van der Waals surface area contributed by atoms with E-state index in [-0.39, 0.29) is 0 Å². The monoisotopic (exact) mass is 704 g/mol. The maximum Gasteiger partial charge on any atom is 0.227 e. The lowest BCUT2D eigenvalue weighted by Crippen LogP contribution is -2.10. The average molecular weight is 705 g/mol. The smallest absolute Gasteiger partial charge is 0.227 e. The van der Waals surface area contributed by atoms with E-state index < -0.39 is 0 Å². The summed E-state index contributed by atoms with van der Waals surface area (Å²) in [4.78, 5) is 7.18. The first-order chi connectivity index (χ1) is 27.2. The molecule has 0 amide bonds. The Balaban J connectivity index is 1.01. The molecular weight excluding hydrogens is 673 g/mol. The van der Waals surface area contributed by atoms with Crippen molar-refractivity contribution in [2.45, 2.75) is 0 Å². The Bertz CT molecular complexity index is 3200. The Morgan fingerprint density at radius 3 is 1.80 bits per heavy atom. The van der Waals surface area contributed by atoms with E-state index in [2.05, 4.69) is 163 Å². The molecule has 11 rings (SSSR count). The molecule has 0 saturated carbocycles. The van der Waals surface area contributed by atoms with Crippen molar-refractivity contribution >= 4 is 71.6 Å². The number of furan rings is 1. The van der Waals surface area contributed by atoms with Crippen molar-refractivity contribution in [1.29, 1.82) is 0 Å². The Hall–Kier alpha value is -7.43. The molecule has 0 atom stereocenters. The minimum Gasteiger partial charge on any atom is -0.456 e. The topological polar surface area (TPSA) is 42.4 Å². The highest BCUT2D eigenvalue weighted by Gasteiger charge is 2.19. The lowest BCUT2D eigenvalue weighted by Gasteiger charge is -2.28. The molecule has 0 unspecified atom stereocenters. The van der Waals surface area contributed by atoms with Gasteiger partial charge in [-0.15, -0.1) is 0 Å². The van der Waals surface area contributed by atoms with Gasteiger partial charge in [0.25, 0.3) is 0 Å². The van der Waals surface area contributed by atoms with Gasteiger partial charge in [-0.1, -0.05) is 127 Å². The van der Waals surface area contributed by atoms with Gasteiger partial charge < -0.3 is 13.7 Å². The third-order valence-corrected chi connectivity index (χ3v) is 10.7. The van der Waals surface area contributed by atoms with Crippen LogP contribution in [0.2, 0.25) is 0 Å². The molecule has 0 aliphatic carbocycles. The minimum absolute atomic E-state index is 0.606. The third-order valence-electron chi connectivity index (χ3n) is 10.7. The summed E-state index contributed by atoms with van der Waals surface area (Å²) in [5.74, 6) is 0.606. The molecular formula is C51H32N2O2. The van der Waals surface area contributed by atoms with E-state index in [0.29, 0.717) is 11.5 Å². The number of benzene rings is 9. The zero-order valence-electron chi connectivity index (χ0n) is 29.7. The summed E-state index contributed by atoms with van der Waals surface area (Å²) in [5.41, 5.74) is 11.9. The number of nitrogens with zero attached hydrogens (tertiary/aromatic N) is 2. The summed E-state index contributed by atoms with van der Waals surface area (Å²) >= 11 is 0. The summed E-state index contributed by atoms with van der Waals surface area (Å²) in [6.45, 7) is 0. The molecule has 0 spiro atoms. The highest BCUT2D eigenvalue weighted by Crippen LogP contribution is 2.44. The van der Waals surface area contributed by atoms with Crippen LogP contribution >= 0.6 is 0 Å². The maximum absolute atomic E-state index is 6.44. The maximum atomic E-state index is 6.44. The standard InChI is InChI=1S/C51H32N2O2/c1-3-12-33(13-4-1)36-17-11-18-40(28-36)53(47-29-38-16-7-8-19-41(38)42-20-9-10-21-43(42)47)39-25-22-34(23-26-39)37-24-27-44-45-31-46-50(32-49(45)54-48(44)30-37)55-51(52-46)35-14-5-2-6-15-35/h1-32H. The van der Waals surface area contributed by atoms with Crippen LogP contribution in [0, 0.1) is 0 Å². The highest BCUT2D eigenvalue weighted by molar-refractivity contribution is 6.15. The van der Waals surface area contributed by atoms with E-state index in [1.807, 2.05) is 36.4 Å². The van der Waals surface area contributed by atoms with E-state index in [1.54, 1.807) is 0 Å². The Kier molecular flexibility index (Phi) is 7.14. The number of oxazole rings is 1. The molecule has 0 saturated heterocycles. The third kappa shape index (κ3) is 5.34. The summed E-state index contributed by atoms with van der Waals surface area (Å²) in [7, 11) is 0. The number of aromatic nitrogens is 1. The highest BCUT2D eigenvalue weighted by atomic mass is 16.4. The van der Waals surface area contributed by atoms with Gasteiger partial charge in [0.05, 0.1) is 5.69 Å². The number of hydrogen-bond acceptors (Lipinski definition) is 4. The van der Waals surface area contributed by atoms with E-state index in [9.17, 15) is 0 Å². The van der Waals surface area contributed by atoms with Gasteiger partial charge in [0, 0.05) is 39.2 Å². The zero-order valence-corrected chi connectivity index (χ0v) is 29.7. The molecule has 9 aromatic carbocycles. The summed E-state index contributed by atoms with van der Waals surface area (Å²) in [6, 6.07) is 68.4. The van der Waals surface area contributed by atoms with Gasteiger partial charge in [-0.3, -0.25) is 0 Å². The largest absolute Gasteiger partial charge is 0.456 e. The lowest BCUT2D eigenvalue weighted by atomic mass is 9.98. The van der Waals surface area contributed by atoms with Crippen molar-refractivity contribution in [1.82, 2.24) is 4.98 Å². The second-order valence-electron chi connectivity index (χ2n) is 14.0. The van der Waals surface area contributed by atoms with Gasteiger partial charge in [-0.2, -0.15) is 0 Å². The van der Waals surface area contributed by atoms with Crippen LogP contribution in [0.3, 0.4) is 0 Å². The molecule has 0 bridgehead atoms. The first-order valence-corrected chi connectivity index (χ1v) is 18.5. The molecule has 11 aromatic rings. The first kappa shape index (κ1) is 31.1. The molecule has 0 N–H and O–H groups in total. The van der Waals surface area contributed by atoms with Gasteiger partial charge in [0.2, 0.25) is 5.89 Å². The normalized spacial score (nSPS) is 11.6. The molecule has 0 aliphatic rings.